The number of hydrogen-bond donors (Lipinski definition) is 1. The fourth-order valence-electron chi connectivity index (χ4n) is 2.86. The second-order valence-electron chi connectivity index (χ2n) is 5.69. The standard InChI is InChI=1S/C19H22N2O/c1-2-3-4-7-13-21-18-12-6-5-11-17(18)20-19(21)15-9-8-10-16(22)14-15/h5-6,8-12,14,22H,2-4,7,13H2,1H3. The predicted molar refractivity (Wildman–Crippen MR) is 91.0 cm³/mol. The molecule has 1 aromatic heterocycles. The summed E-state index contributed by atoms with van der Waals surface area (Å²) in [5, 5.41) is 9.75. The molecule has 0 fully saturated rings. The molecule has 3 heteroatoms. The predicted octanol–water partition coefficient (Wildman–Crippen LogP) is 4.99. The fourth-order valence-corrected chi connectivity index (χ4v) is 2.86. The van der Waals surface area contributed by atoms with E-state index in [1.54, 1.807) is 12.1 Å². The molecule has 0 spiro atoms. The normalized spacial score (nSPS) is 11.1. The zero-order valence-corrected chi connectivity index (χ0v) is 13.0. The smallest absolute Gasteiger partial charge is 0.141 e. The Labute approximate surface area is 131 Å². The van der Waals surface area contributed by atoms with Gasteiger partial charge >= 0.3 is 0 Å². The monoisotopic (exact) mass is 294 g/mol. The van der Waals surface area contributed by atoms with Crippen LogP contribution in [-0.4, -0.2) is 14.7 Å². The van der Waals surface area contributed by atoms with Gasteiger partial charge in [0.2, 0.25) is 0 Å². The number of para-hydroxylation sites is 2. The number of phenolic OH excluding ortho intramolecular Hbond substituents is 1. The molecule has 1 N–H and O–H groups in total. The molecule has 2 aromatic carbocycles. The van der Waals surface area contributed by atoms with Crippen LogP contribution in [0, 0.1) is 0 Å². The molecule has 0 saturated heterocycles. The molecule has 3 nitrogen and oxygen atoms in total. The highest BCUT2D eigenvalue weighted by Crippen LogP contribution is 2.27. The van der Waals surface area contributed by atoms with Gasteiger partial charge in [0, 0.05) is 12.1 Å². The van der Waals surface area contributed by atoms with Crippen LogP contribution in [0.3, 0.4) is 0 Å². The van der Waals surface area contributed by atoms with E-state index in [2.05, 4.69) is 23.6 Å². The highest BCUT2D eigenvalue weighted by atomic mass is 16.3. The zero-order chi connectivity index (χ0) is 15.4. The maximum Gasteiger partial charge on any atom is 0.141 e. The van der Waals surface area contributed by atoms with Crippen molar-refractivity contribution < 1.29 is 5.11 Å². The topological polar surface area (TPSA) is 38.0 Å². The number of benzene rings is 2. The first-order valence-electron chi connectivity index (χ1n) is 8.04. The number of hydrogen-bond acceptors (Lipinski definition) is 2. The molecule has 3 aromatic rings. The van der Waals surface area contributed by atoms with Gasteiger partial charge in [0.25, 0.3) is 0 Å². The van der Waals surface area contributed by atoms with Crippen LogP contribution in [0.25, 0.3) is 22.4 Å². The summed E-state index contributed by atoms with van der Waals surface area (Å²) in [6.45, 7) is 3.19. The number of aromatic nitrogens is 2. The van der Waals surface area contributed by atoms with Gasteiger partial charge < -0.3 is 9.67 Å². The largest absolute Gasteiger partial charge is 0.508 e. The number of aryl methyl sites for hydroxylation is 1. The van der Waals surface area contributed by atoms with Crippen molar-refractivity contribution >= 4 is 11.0 Å². The first-order valence-corrected chi connectivity index (χ1v) is 8.04. The second-order valence-corrected chi connectivity index (χ2v) is 5.69. The molecule has 0 aliphatic rings. The summed E-state index contributed by atoms with van der Waals surface area (Å²) >= 11 is 0. The van der Waals surface area contributed by atoms with E-state index in [4.69, 9.17) is 4.98 Å². The van der Waals surface area contributed by atoms with E-state index in [0.717, 1.165) is 35.4 Å². The van der Waals surface area contributed by atoms with Gasteiger partial charge in [-0.3, -0.25) is 0 Å². The first kappa shape index (κ1) is 14.6. The molecular formula is C19H22N2O. The molecule has 114 valence electrons. The molecule has 1 heterocycles. The van der Waals surface area contributed by atoms with Crippen LogP contribution in [-0.2, 0) is 6.54 Å². The lowest BCUT2D eigenvalue weighted by atomic mass is 10.2. The van der Waals surface area contributed by atoms with Crippen molar-refractivity contribution in [2.75, 3.05) is 0 Å². The summed E-state index contributed by atoms with van der Waals surface area (Å²) in [6, 6.07) is 15.6. The Morgan fingerprint density at radius 2 is 1.86 bits per heavy atom. The number of unbranched alkanes of at least 4 members (excludes halogenated alkanes) is 3. The average Bonchev–Trinajstić information content (AvgIpc) is 2.90. The molecule has 0 amide bonds. The van der Waals surface area contributed by atoms with Crippen LogP contribution < -0.4 is 0 Å². The second kappa shape index (κ2) is 6.65. The lowest BCUT2D eigenvalue weighted by Crippen LogP contribution is -2.01. The van der Waals surface area contributed by atoms with Crippen molar-refractivity contribution in [1.82, 2.24) is 9.55 Å². The highest BCUT2D eigenvalue weighted by molar-refractivity contribution is 5.80. The minimum absolute atomic E-state index is 0.280. The van der Waals surface area contributed by atoms with Gasteiger partial charge in [0.05, 0.1) is 11.0 Å². The van der Waals surface area contributed by atoms with Crippen LogP contribution in [0.1, 0.15) is 32.6 Å². The maximum atomic E-state index is 9.75. The lowest BCUT2D eigenvalue weighted by molar-refractivity contribution is 0.475. The number of imidazole rings is 1. The molecule has 22 heavy (non-hydrogen) atoms. The number of aromatic hydroxyl groups is 1. The Morgan fingerprint density at radius 3 is 2.68 bits per heavy atom. The Morgan fingerprint density at radius 1 is 1.00 bits per heavy atom. The summed E-state index contributed by atoms with van der Waals surface area (Å²) in [5.74, 6) is 1.22. The quantitative estimate of drug-likeness (QED) is 0.650. The van der Waals surface area contributed by atoms with Crippen molar-refractivity contribution in [3.63, 3.8) is 0 Å². The zero-order valence-electron chi connectivity index (χ0n) is 13.0. The molecule has 0 bridgehead atoms. The molecule has 3 rings (SSSR count). The lowest BCUT2D eigenvalue weighted by Gasteiger charge is -2.09. The highest BCUT2D eigenvalue weighted by Gasteiger charge is 2.12. The van der Waals surface area contributed by atoms with Crippen molar-refractivity contribution in [1.29, 1.82) is 0 Å². The van der Waals surface area contributed by atoms with E-state index in [0.29, 0.717) is 0 Å². The van der Waals surface area contributed by atoms with Gasteiger partial charge in [0.15, 0.2) is 0 Å². The van der Waals surface area contributed by atoms with Gasteiger partial charge in [-0.05, 0) is 30.7 Å². The Kier molecular flexibility index (Phi) is 4.42. The molecule has 0 saturated carbocycles. The third-order valence-electron chi connectivity index (χ3n) is 3.99. The SMILES string of the molecule is CCCCCCn1c(-c2cccc(O)c2)nc2ccccc21. The minimum atomic E-state index is 0.280. The molecular weight excluding hydrogens is 272 g/mol. The van der Waals surface area contributed by atoms with Gasteiger partial charge in [-0.1, -0.05) is 50.5 Å². The Bertz CT molecular complexity index is 761. The number of phenols is 1. The van der Waals surface area contributed by atoms with Crippen LogP contribution in [0.5, 0.6) is 5.75 Å². The average molecular weight is 294 g/mol. The van der Waals surface area contributed by atoms with Crippen LogP contribution in [0.2, 0.25) is 0 Å². The minimum Gasteiger partial charge on any atom is -0.508 e. The van der Waals surface area contributed by atoms with E-state index in [-0.39, 0.29) is 5.75 Å². The number of fused-ring (bicyclic) bond motifs is 1. The van der Waals surface area contributed by atoms with Gasteiger partial charge in [-0.2, -0.15) is 0 Å². The van der Waals surface area contributed by atoms with Crippen LogP contribution in [0.4, 0.5) is 0 Å². The summed E-state index contributed by atoms with van der Waals surface area (Å²) in [6.07, 6.45) is 4.90. The molecule has 0 atom stereocenters. The third-order valence-corrected chi connectivity index (χ3v) is 3.99. The Balaban J connectivity index is 2.00. The number of rotatable bonds is 6. The van der Waals surface area contributed by atoms with Crippen LogP contribution >= 0.6 is 0 Å². The summed E-state index contributed by atoms with van der Waals surface area (Å²) < 4.78 is 2.28. The molecule has 0 aliphatic carbocycles. The van der Waals surface area contributed by atoms with Crippen molar-refractivity contribution in [2.24, 2.45) is 0 Å². The van der Waals surface area contributed by atoms with Crippen molar-refractivity contribution in [3.05, 3.63) is 48.5 Å². The first-order chi connectivity index (χ1) is 10.8. The molecule has 0 unspecified atom stereocenters. The van der Waals surface area contributed by atoms with Crippen LogP contribution in [0.15, 0.2) is 48.5 Å². The van der Waals surface area contributed by atoms with Crippen molar-refractivity contribution in [2.45, 2.75) is 39.2 Å². The van der Waals surface area contributed by atoms with E-state index in [1.165, 1.54) is 19.3 Å². The van der Waals surface area contributed by atoms with E-state index < -0.39 is 0 Å². The molecule has 0 aliphatic heterocycles. The summed E-state index contributed by atoms with van der Waals surface area (Å²) in [4.78, 5) is 4.77. The summed E-state index contributed by atoms with van der Waals surface area (Å²) in [5.41, 5.74) is 3.14. The van der Waals surface area contributed by atoms with E-state index in [9.17, 15) is 5.11 Å². The maximum absolute atomic E-state index is 9.75. The summed E-state index contributed by atoms with van der Waals surface area (Å²) in [7, 11) is 0. The number of nitrogens with zero attached hydrogens (tertiary/aromatic N) is 2. The van der Waals surface area contributed by atoms with Gasteiger partial charge in [-0.15, -0.1) is 0 Å². The Hall–Kier alpha value is -2.29. The van der Waals surface area contributed by atoms with E-state index in [1.807, 2.05) is 24.3 Å². The third kappa shape index (κ3) is 2.98. The van der Waals surface area contributed by atoms with Gasteiger partial charge in [0.1, 0.15) is 11.6 Å². The molecule has 0 radical (unpaired) electrons. The fraction of sp³-hybridized carbons (Fsp3) is 0.316. The van der Waals surface area contributed by atoms with Gasteiger partial charge in [-0.25, -0.2) is 4.98 Å². The van der Waals surface area contributed by atoms with Crippen molar-refractivity contribution in [3.8, 4) is 17.1 Å². The van der Waals surface area contributed by atoms with E-state index >= 15 is 0 Å².